The van der Waals surface area contributed by atoms with Gasteiger partial charge in [0.15, 0.2) is 0 Å². The van der Waals surface area contributed by atoms with Crippen LogP contribution in [0, 0.1) is 6.92 Å². The number of fused-ring (bicyclic) bond motifs is 1. The SMILES string of the molecule is Cc1nc(C2CC=CCN2)c2nc(-c3ccccc3)cc-2[nH]1.Cl. The van der Waals surface area contributed by atoms with E-state index in [4.69, 9.17) is 9.97 Å². The summed E-state index contributed by atoms with van der Waals surface area (Å²) in [7, 11) is 0. The second kappa shape index (κ2) is 6.52. The summed E-state index contributed by atoms with van der Waals surface area (Å²) in [6, 6.07) is 12.6. The maximum absolute atomic E-state index is 4.84. The predicted octanol–water partition coefficient (Wildman–Crippen LogP) is 3.90. The molecule has 4 rings (SSSR count). The topological polar surface area (TPSA) is 53.6 Å². The Kier molecular flexibility index (Phi) is 4.46. The summed E-state index contributed by atoms with van der Waals surface area (Å²) in [6.45, 7) is 2.88. The second-order valence-corrected chi connectivity index (χ2v) is 5.65. The number of aromatic nitrogens is 3. The summed E-state index contributed by atoms with van der Waals surface area (Å²) in [4.78, 5) is 12.9. The van der Waals surface area contributed by atoms with Crippen molar-refractivity contribution in [3.05, 3.63) is 60.1 Å². The van der Waals surface area contributed by atoms with Gasteiger partial charge in [-0.05, 0) is 19.4 Å². The van der Waals surface area contributed by atoms with E-state index in [2.05, 4.69) is 40.7 Å². The lowest BCUT2D eigenvalue weighted by Gasteiger charge is -2.21. The quantitative estimate of drug-likeness (QED) is 0.702. The number of nitrogens with one attached hydrogen (secondary N) is 2. The lowest BCUT2D eigenvalue weighted by molar-refractivity contribution is 0.538. The maximum Gasteiger partial charge on any atom is 0.110 e. The Morgan fingerprint density at radius 3 is 2.65 bits per heavy atom. The molecule has 118 valence electrons. The van der Waals surface area contributed by atoms with Crippen LogP contribution >= 0.6 is 12.4 Å². The molecule has 0 fully saturated rings. The van der Waals surface area contributed by atoms with E-state index in [1.165, 1.54) is 0 Å². The number of hydrogen-bond acceptors (Lipinski definition) is 3. The molecule has 3 aliphatic heterocycles. The van der Waals surface area contributed by atoms with Crippen LogP contribution in [-0.4, -0.2) is 21.5 Å². The Hall–Kier alpha value is -2.17. The zero-order chi connectivity index (χ0) is 14.9. The third kappa shape index (κ3) is 3.00. The van der Waals surface area contributed by atoms with Crippen LogP contribution in [0.2, 0.25) is 0 Å². The molecule has 2 N–H and O–H groups in total. The highest BCUT2D eigenvalue weighted by Gasteiger charge is 2.23. The molecule has 1 atom stereocenters. The molecule has 3 aliphatic rings. The molecule has 3 heterocycles. The summed E-state index contributed by atoms with van der Waals surface area (Å²) >= 11 is 0. The molecule has 0 saturated heterocycles. The molecule has 0 amide bonds. The van der Waals surface area contributed by atoms with Crippen LogP contribution in [0.4, 0.5) is 0 Å². The van der Waals surface area contributed by atoms with Crippen LogP contribution in [0.5, 0.6) is 0 Å². The maximum atomic E-state index is 4.84. The average molecular weight is 327 g/mol. The van der Waals surface area contributed by atoms with Gasteiger partial charge in [-0.1, -0.05) is 42.5 Å². The number of nitrogens with zero attached hydrogens (tertiary/aromatic N) is 2. The monoisotopic (exact) mass is 326 g/mol. The van der Waals surface area contributed by atoms with Crippen LogP contribution in [0.1, 0.15) is 24.0 Å². The Morgan fingerprint density at radius 1 is 1.09 bits per heavy atom. The first-order valence-electron chi connectivity index (χ1n) is 7.62. The zero-order valence-corrected chi connectivity index (χ0v) is 13.7. The Labute approximate surface area is 141 Å². The summed E-state index contributed by atoms with van der Waals surface area (Å²) in [6.07, 6.45) is 5.32. The van der Waals surface area contributed by atoms with Crippen molar-refractivity contribution in [2.45, 2.75) is 19.4 Å². The number of aryl methyl sites for hydroxylation is 1. The van der Waals surface area contributed by atoms with Crippen molar-refractivity contribution in [3.63, 3.8) is 0 Å². The van der Waals surface area contributed by atoms with Gasteiger partial charge in [-0.3, -0.25) is 0 Å². The van der Waals surface area contributed by atoms with Gasteiger partial charge in [0.1, 0.15) is 11.5 Å². The van der Waals surface area contributed by atoms with Crippen LogP contribution in [0.3, 0.4) is 0 Å². The molecular weight excluding hydrogens is 308 g/mol. The van der Waals surface area contributed by atoms with Crippen molar-refractivity contribution in [2.24, 2.45) is 0 Å². The number of rotatable bonds is 2. The Balaban J connectivity index is 0.00000156. The number of hydrogen-bond donors (Lipinski definition) is 2. The van der Waals surface area contributed by atoms with Gasteiger partial charge in [-0.15, -0.1) is 12.4 Å². The zero-order valence-electron chi connectivity index (χ0n) is 12.9. The highest BCUT2D eigenvalue weighted by atomic mass is 35.5. The molecule has 0 aliphatic carbocycles. The molecule has 1 aromatic rings. The summed E-state index contributed by atoms with van der Waals surface area (Å²) < 4.78 is 0. The van der Waals surface area contributed by atoms with Crippen molar-refractivity contribution in [3.8, 4) is 22.6 Å². The molecule has 23 heavy (non-hydrogen) atoms. The first kappa shape index (κ1) is 15.7. The highest BCUT2D eigenvalue weighted by molar-refractivity contribution is 5.85. The molecular formula is C18H19ClN4. The second-order valence-electron chi connectivity index (χ2n) is 5.65. The molecule has 0 saturated carbocycles. The minimum Gasteiger partial charge on any atom is -0.342 e. The van der Waals surface area contributed by atoms with Gasteiger partial charge in [-0.2, -0.15) is 0 Å². The first-order chi connectivity index (χ1) is 10.8. The third-order valence-corrected chi connectivity index (χ3v) is 4.03. The van der Waals surface area contributed by atoms with Crippen molar-refractivity contribution < 1.29 is 0 Å². The van der Waals surface area contributed by atoms with E-state index >= 15 is 0 Å². The molecule has 0 aromatic heterocycles. The lowest BCUT2D eigenvalue weighted by Crippen LogP contribution is -2.26. The van der Waals surface area contributed by atoms with Gasteiger partial charge in [0.05, 0.1) is 23.1 Å². The van der Waals surface area contributed by atoms with Crippen molar-refractivity contribution in [1.29, 1.82) is 0 Å². The van der Waals surface area contributed by atoms with Crippen LogP contribution in [-0.2, 0) is 0 Å². The van der Waals surface area contributed by atoms with E-state index in [-0.39, 0.29) is 18.4 Å². The van der Waals surface area contributed by atoms with Gasteiger partial charge < -0.3 is 10.3 Å². The normalized spacial score (nSPS) is 17.2. The minimum atomic E-state index is 0. The molecule has 5 heteroatoms. The van der Waals surface area contributed by atoms with Gasteiger partial charge in [0.25, 0.3) is 0 Å². The smallest absolute Gasteiger partial charge is 0.110 e. The molecule has 1 unspecified atom stereocenters. The van der Waals surface area contributed by atoms with E-state index in [1.807, 2.05) is 25.1 Å². The molecule has 0 bridgehead atoms. The van der Waals surface area contributed by atoms with E-state index in [9.17, 15) is 0 Å². The fourth-order valence-corrected chi connectivity index (χ4v) is 2.98. The van der Waals surface area contributed by atoms with Crippen molar-refractivity contribution in [2.75, 3.05) is 6.54 Å². The highest BCUT2D eigenvalue weighted by Crippen LogP contribution is 2.33. The Morgan fingerprint density at radius 2 is 1.91 bits per heavy atom. The van der Waals surface area contributed by atoms with Gasteiger partial charge in [0.2, 0.25) is 0 Å². The van der Waals surface area contributed by atoms with Crippen molar-refractivity contribution in [1.82, 2.24) is 20.3 Å². The largest absolute Gasteiger partial charge is 0.342 e. The molecule has 0 spiro atoms. The molecule has 1 aromatic carbocycles. The number of halogens is 1. The standard InChI is InChI=1S/C18H18N4.ClH/c1-12-20-16-11-15(13-7-3-2-4-8-13)22-18(16)17(21-12)14-9-5-6-10-19-14;/h2-8,11,14,19H,9-10H2,1H3,(H,20,21);1H. The summed E-state index contributed by atoms with van der Waals surface area (Å²) in [5.41, 5.74) is 5.19. The van der Waals surface area contributed by atoms with Gasteiger partial charge >= 0.3 is 0 Å². The fourth-order valence-electron chi connectivity index (χ4n) is 2.98. The van der Waals surface area contributed by atoms with Crippen LogP contribution in [0.25, 0.3) is 22.6 Å². The predicted molar refractivity (Wildman–Crippen MR) is 94.9 cm³/mol. The van der Waals surface area contributed by atoms with Gasteiger partial charge in [-0.25, -0.2) is 9.97 Å². The van der Waals surface area contributed by atoms with E-state index < -0.39 is 0 Å². The summed E-state index contributed by atoms with van der Waals surface area (Å²) in [5.74, 6) is 0.922. The Bertz CT molecular complexity index is 794. The number of aromatic amines is 1. The van der Waals surface area contributed by atoms with Crippen molar-refractivity contribution >= 4 is 12.4 Å². The molecule has 4 nitrogen and oxygen atoms in total. The average Bonchev–Trinajstić information content (AvgIpc) is 2.99. The van der Waals surface area contributed by atoms with Gasteiger partial charge in [0, 0.05) is 12.1 Å². The third-order valence-electron chi connectivity index (χ3n) is 4.03. The fraction of sp³-hybridized carbons (Fsp3) is 0.222. The molecule has 0 radical (unpaired) electrons. The summed E-state index contributed by atoms with van der Waals surface area (Å²) in [5, 5.41) is 3.50. The van der Waals surface area contributed by atoms with E-state index in [0.717, 1.165) is 47.1 Å². The van der Waals surface area contributed by atoms with E-state index in [1.54, 1.807) is 0 Å². The number of benzene rings is 1. The van der Waals surface area contributed by atoms with Crippen LogP contribution < -0.4 is 5.32 Å². The minimum absolute atomic E-state index is 0. The first-order valence-corrected chi connectivity index (χ1v) is 7.62. The van der Waals surface area contributed by atoms with Crippen LogP contribution in [0.15, 0.2) is 48.6 Å². The number of H-pyrrole nitrogens is 1. The van der Waals surface area contributed by atoms with E-state index in [0.29, 0.717) is 0 Å². The lowest BCUT2D eigenvalue weighted by atomic mass is 10.0.